The molecule has 0 aromatic heterocycles. The summed E-state index contributed by atoms with van der Waals surface area (Å²) in [6.07, 6.45) is 5.15. The van der Waals surface area contributed by atoms with Crippen molar-refractivity contribution in [1.29, 1.82) is 0 Å². The summed E-state index contributed by atoms with van der Waals surface area (Å²) in [5.74, 6) is -1.12. The highest BCUT2D eigenvalue weighted by molar-refractivity contribution is 5.83. The first-order valence-corrected chi connectivity index (χ1v) is 6.39. The van der Waals surface area contributed by atoms with E-state index in [4.69, 9.17) is 5.11 Å². The van der Waals surface area contributed by atoms with Crippen LogP contribution in [0.15, 0.2) is 0 Å². The van der Waals surface area contributed by atoms with E-state index in [1.54, 1.807) is 6.92 Å². The average molecular weight is 242 g/mol. The molecular formula is C12H22N2O3. The molecular weight excluding hydrogens is 220 g/mol. The second kappa shape index (κ2) is 7.27. The maximum atomic E-state index is 11.6. The van der Waals surface area contributed by atoms with Gasteiger partial charge in [0.15, 0.2) is 0 Å². The molecule has 1 rings (SSSR count). The third-order valence-electron chi connectivity index (χ3n) is 3.17. The normalized spacial score (nSPS) is 21.8. The monoisotopic (exact) mass is 242 g/mol. The number of aliphatic carboxylic acids is 1. The van der Waals surface area contributed by atoms with Crippen molar-refractivity contribution in [3.63, 3.8) is 0 Å². The van der Waals surface area contributed by atoms with Gasteiger partial charge in [0.2, 0.25) is 5.91 Å². The summed E-state index contributed by atoms with van der Waals surface area (Å²) in [7, 11) is 0. The highest BCUT2D eigenvalue weighted by Crippen LogP contribution is 2.11. The Bertz CT molecular complexity index is 262. The first-order chi connectivity index (χ1) is 8.13. The number of nitrogens with one attached hydrogen (secondary N) is 2. The largest absolute Gasteiger partial charge is 0.480 e. The zero-order valence-electron chi connectivity index (χ0n) is 10.4. The molecule has 0 radical (unpaired) electrons. The number of hydrogen-bond donors (Lipinski definition) is 3. The minimum absolute atomic E-state index is 0.161. The molecule has 5 nitrogen and oxygen atoms in total. The molecule has 1 saturated heterocycles. The van der Waals surface area contributed by atoms with Crippen LogP contribution in [0, 0.1) is 0 Å². The number of hydrogen-bond acceptors (Lipinski definition) is 3. The van der Waals surface area contributed by atoms with E-state index in [0.29, 0.717) is 18.9 Å². The van der Waals surface area contributed by atoms with Crippen LogP contribution in [0.25, 0.3) is 0 Å². The van der Waals surface area contributed by atoms with Crippen LogP contribution in [0.5, 0.6) is 0 Å². The number of piperidine rings is 1. The van der Waals surface area contributed by atoms with Gasteiger partial charge in [0, 0.05) is 12.5 Å². The summed E-state index contributed by atoms with van der Waals surface area (Å²) < 4.78 is 0. The molecule has 1 fully saturated rings. The van der Waals surface area contributed by atoms with E-state index < -0.39 is 12.0 Å². The van der Waals surface area contributed by atoms with Crippen LogP contribution in [-0.2, 0) is 9.59 Å². The summed E-state index contributed by atoms with van der Waals surface area (Å²) in [4.78, 5) is 22.3. The van der Waals surface area contributed by atoms with Crippen LogP contribution in [0.2, 0.25) is 0 Å². The third kappa shape index (κ3) is 5.17. The van der Waals surface area contributed by atoms with Crippen LogP contribution in [0.4, 0.5) is 0 Å². The van der Waals surface area contributed by atoms with E-state index in [0.717, 1.165) is 19.4 Å². The summed E-state index contributed by atoms with van der Waals surface area (Å²) in [6.45, 7) is 2.78. The Kier molecular flexibility index (Phi) is 5.97. The van der Waals surface area contributed by atoms with Gasteiger partial charge < -0.3 is 15.7 Å². The topological polar surface area (TPSA) is 78.4 Å². The number of rotatable bonds is 6. The fraction of sp³-hybridized carbons (Fsp3) is 0.833. The number of carbonyl (C=O) groups excluding carboxylic acids is 1. The molecule has 17 heavy (non-hydrogen) atoms. The Morgan fingerprint density at radius 3 is 2.76 bits per heavy atom. The summed E-state index contributed by atoms with van der Waals surface area (Å²) in [6, 6.07) is -0.332. The van der Waals surface area contributed by atoms with Crippen molar-refractivity contribution in [2.45, 2.75) is 57.5 Å². The van der Waals surface area contributed by atoms with Crippen LogP contribution in [0.3, 0.4) is 0 Å². The van der Waals surface area contributed by atoms with Crippen LogP contribution >= 0.6 is 0 Å². The molecule has 0 aromatic carbocycles. The number of amides is 1. The third-order valence-corrected chi connectivity index (χ3v) is 3.17. The molecule has 98 valence electrons. The standard InChI is InChI=1S/C12H22N2O3/c1-2-10(12(16)17)14-11(15)7-6-9-5-3-4-8-13-9/h9-10,13H,2-8H2,1H3,(H,14,15)(H,16,17)/t9?,10-/m1/s1. The van der Waals surface area contributed by atoms with Crippen LogP contribution in [0.1, 0.15) is 45.4 Å². The van der Waals surface area contributed by atoms with Gasteiger partial charge >= 0.3 is 5.97 Å². The fourth-order valence-corrected chi connectivity index (χ4v) is 2.08. The molecule has 2 atom stereocenters. The van der Waals surface area contributed by atoms with Crippen LogP contribution < -0.4 is 10.6 Å². The molecule has 0 saturated carbocycles. The lowest BCUT2D eigenvalue weighted by molar-refractivity contribution is -0.141. The molecule has 1 unspecified atom stereocenters. The molecule has 1 heterocycles. The van der Waals surface area contributed by atoms with Crippen molar-refractivity contribution in [2.24, 2.45) is 0 Å². The van der Waals surface area contributed by atoms with Gasteiger partial charge in [-0.2, -0.15) is 0 Å². The van der Waals surface area contributed by atoms with Crippen molar-refractivity contribution in [1.82, 2.24) is 10.6 Å². The molecule has 5 heteroatoms. The van der Waals surface area contributed by atoms with Gasteiger partial charge in [0.1, 0.15) is 6.04 Å². The SMILES string of the molecule is CC[C@@H](NC(=O)CCC1CCCCN1)C(=O)O. The Labute approximate surface area is 102 Å². The molecule has 1 aliphatic rings. The van der Waals surface area contributed by atoms with Crippen molar-refractivity contribution < 1.29 is 14.7 Å². The van der Waals surface area contributed by atoms with Gasteiger partial charge in [-0.1, -0.05) is 13.3 Å². The second-order valence-corrected chi connectivity index (χ2v) is 4.55. The summed E-state index contributed by atoms with van der Waals surface area (Å²) in [5.41, 5.74) is 0. The quantitative estimate of drug-likeness (QED) is 0.646. The van der Waals surface area contributed by atoms with E-state index in [1.807, 2.05) is 0 Å². The van der Waals surface area contributed by atoms with Gasteiger partial charge in [0.25, 0.3) is 0 Å². The number of carboxylic acid groups (broad SMARTS) is 1. The minimum atomic E-state index is -0.961. The first-order valence-electron chi connectivity index (χ1n) is 6.39. The van der Waals surface area contributed by atoms with E-state index in [9.17, 15) is 9.59 Å². The molecule has 0 aliphatic carbocycles. The molecule has 0 aromatic rings. The zero-order chi connectivity index (χ0) is 12.7. The van der Waals surface area contributed by atoms with Crippen molar-refractivity contribution in [3.8, 4) is 0 Å². The Morgan fingerprint density at radius 1 is 1.47 bits per heavy atom. The van der Waals surface area contributed by atoms with Gasteiger partial charge in [-0.15, -0.1) is 0 Å². The molecule has 0 bridgehead atoms. The van der Waals surface area contributed by atoms with Gasteiger partial charge in [-0.25, -0.2) is 4.79 Å². The summed E-state index contributed by atoms with van der Waals surface area (Å²) in [5, 5.41) is 14.7. The lowest BCUT2D eigenvalue weighted by atomic mass is 10.0. The lowest BCUT2D eigenvalue weighted by Gasteiger charge is -2.23. The molecule has 1 amide bonds. The summed E-state index contributed by atoms with van der Waals surface area (Å²) >= 11 is 0. The predicted molar refractivity (Wildman–Crippen MR) is 64.7 cm³/mol. The number of carboxylic acids is 1. The Balaban J connectivity index is 2.21. The van der Waals surface area contributed by atoms with Crippen LogP contribution in [-0.4, -0.2) is 35.6 Å². The Morgan fingerprint density at radius 2 is 2.24 bits per heavy atom. The smallest absolute Gasteiger partial charge is 0.326 e. The van der Waals surface area contributed by atoms with Crippen molar-refractivity contribution in [3.05, 3.63) is 0 Å². The number of carbonyl (C=O) groups is 2. The van der Waals surface area contributed by atoms with E-state index >= 15 is 0 Å². The van der Waals surface area contributed by atoms with Gasteiger partial charge in [-0.05, 0) is 32.2 Å². The van der Waals surface area contributed by atoms with Gasteiger partial charge in [-0.3, -0.25) is 4.79 Å². The highest BCUT2D eigenvalue weighted by atomic mass is 16.4. The molecule has 1 aliphatic heterocycles. The van der Waals surface area contributed by atoms with E-state index in [1.165, 1.54) is 12.8 Å². The second-order valence-electron chi connectivity index (χ2n) is 4.55. The van der Waals surface area contributed by atoms with E-state index in [-0.39, 0.29) is 5.91 Å². The fourth-order valence-electron chi connectivity index (χ4n) is 2.08. The highest BCUT2D eigenvalue weighted by Gasteiger charge is 2.19. The maximum Gasteiger partial charge on any atom is 0.326 e. The van der Waals surface area contributed by atoms with Crippen molar-refractivity contribution in [2.75, 3.05) is 6.54 Å². The zero-order valence-corrected chi connectivity index (χ0v) is 10.4. The Hall–Kier alpha value is -1.10. The lowest BCUT2D eigenvalue weighted by Crippen LogP contribution is -2.41. The first kappa shape index (κ1) is 14.0. The van der Waals surface area contributed by atoms with Gasteiger partial charge in [0.05, 0.1) is 0 Å². The maximum absolute atomic E-state index is 11.6. The minimum Gasteiger partial charge on any atom is -0.480 e. The van der Waals surface area contributed by atoms with Crippen molar-refractivity contribution >= 4 is 11.9 Å². The van der Waals surface area contributed by atoms with E-state index in [2.05, 4.69) is 10.6 Å². The molecule has 0 spiro atoms. The predicted octanol–water partition coefficient (Wildman–Crippen LogP) is 0.888. The molecule has 3 N–H and O–H groups in total. The average Bonchev–Trinajstić information content (AvgIpc) is 2.34.